The Morgan fingerprint density at radius 3 is 2.69 bits per heavy atom. The van der Waals surface area contributed by atoms with Gasteiger partial charge in [-0.3, -0.25) is 4.79 Å². The smallest absolute Gasteiger partial charge is 0.227 e. The second-order valence-corrected chi connectivity index (χ2v) is 5.57. The van der Waals surface area contributed by atoms with E-state index >= 15 is 0 Å². The molecule has 1 atom stereocenters. The van der Waals surface area contributed by atoms with Crippen molar-refractivity contribution in [3.63, 3.8) is 0 Å². The number of carbonyl (C=O) groups excluding carboxylic acids is 1. The van der Waals surface area contributed by atoms with E-state index in [1.165, 1.54) is 0 Å². The van der Waals surface area contributed by atoms with E-state index in [0.29, 0.717) is 6.54 Å². The summed E-state index contributed by atoms with van der Waals surface area (Å²) in [6.07, 6.45) is 1.78. The molecular formula is C12H24N2O2. The number of aliphatic hydroxyl groups is 1. The summed E-state index contributed by atoms with van der Waals surface area (Å²) in [7, 11) is 0. The molecule has 1 saturated heterocycles. The molecule has 0 saturated carbocycles. The molecule has 4 heteroatoms. The lowest BCUT2D eigenvalue weighted by atomic mass is 9.83. The Morgan fingerprint density at radius 2 is 2.25 bits per heavy atom. The average Bonchev–Trinajstić information content (AvgIpc) is 2.76. The van der Waals surface area contributed by atoms with Gasteiger partial charge in [-0.15, -0.1) is 0 Å². The Hall–Kier alpha value is -0.610. The van der Waals surface area contributed by atoms with Crippen molar-refractivity contribution < 1.29 is 9.90 Å². The van der Waals surface area contributed by atoms with Crippen molar-refractivity contribution >= 4 is 5.91 Å². The van der Waals surface area contributed by atoms with Gasteiger partial charge in [-0.1, -0.05) is 20.8 Å². The van der Waals surface area contributed by atoms with Gasteiger partial charge in [0.15, 0.2) is 0 Å². The molecule has 0 aliphatic carbocycles. The molecule has 1 amide bonds. The minimum Gasteiger partial charge on any atom is -0.396 e. The van der Waals surface area contributed by atoms with Crippen LogP contribution in [0.4, 0.5) is 0 Å². The second-order valence-electron chi connectivity index (χ2n) is 5.57. The highest BCUT2D eigenvalue weighted by molar-refractivity contribution is 5.83. The van der Waals surface area contributed by atoms with E-state index < -0.39 is 0 Å². The Balaban J connectivity index is 2.51. The highest BCUT2D eigenvalue weighted by atomic mass is 16.3. The molecule has 0 spiro atoms. The zero-order chi connectivity index (χ0) is 12.2. The number of amides is 1. The van der Waals surface area contributed by atoms with Crippen molar-refractivity contribution in [3.8, 4) is 0 Å². The van der Waals surface area contributed by atoms with Crippen LogP contribution in [-0.2, 0) is 4.79 Å². The largest absolute Gasteiger partial charge is 0.396 e. The van der Waals surface area contributed by atoms with Gasteiger partial charge in [0.1, 0.15) is 0 Å². The third-order valence-electron chi connectivity index (χ3n) is 3.56. The van der Waals surface area contributed by atoms with Gasteiger partial charge in [0.05, 0.1) is 5.41 Å². The Bertz CT molecular complexity index is 245. The Morgan fingerprint density at radius 1 is 1.56 bits per heavy atom. The molecule has 0 aromatic carbocycles. The number of carbonyl (C=O) groups is 1. The lowest BCUT2D eigenvalue weighted by Gasteiger charge is -2.28. The number of hydrogen-bond acceptors (Lipinski definition) is 3. The number of aliphatic hydroxyl groups excluding tert-OH is 1. The van der Waals surface area contributed by atoms with Crippen LogP contribution in [0.2, 0.25) is 0 Å². The first-order valence-corrected chi connectivity index (χ1v) is 6.06. The Labute approximate surface area is 97.8 Å². The van der Waals surface area contributed by atoms with E-state index in [1.54, 1.807) is 0 Å². The lowest BCUT2D eigenvalue weighted by Crippen LogP contribution is -2.46. The van der Waals surface area contributed by atoms with Crippen LogP contribution in [0.25, 0.3) is 0 Å². The molecule has 0 bridgehead atoms. The first-order chi connectivity index (χ1) is 7.46. The number of nitrogens with one attached hydrogen (secondary N) is 2. The first kappa shape index (κ1) is 13.5. The van der Waals surface area contributed by atoms with Crippen LogP contribution in [0.3, 0.4) is 0 Å². The maximum atomic E-state index is 12.1. The quantitative estimate of drug-likeness (QED) is 0.642. The van der Waals surface area contributed by atoms with Crippen LogP contribution in [-0.4, -0.2) is 37.3 Å². The van der Waals surface area contributed by atoms with Crippen LogP contribution in [0.15, 0.2) is 0 Å². The van der Waals surface area contributed by atoms with Gasteiger partial charge < -0.3 is 15.7 Å². The van der Waals surface area contributed by atoms with Gasteiger partial charge in [0.2, 0.25) is 5.91 Å². The molecule has 4 nitrogen and oxygen atoms in total. The van der Waals surface area contributed by atoms with Crippen LogP contribution in [0.5, 0.6) is 0 Å². The molecule has 1 aliphatic rings. The van der Waals surface area contributed by atoms with Crippen LogP contribution in [0.1, 0.15) is 33.6 Å². The summed E-state index contributed by atoms with van der Waals surface area (Å²) in [5.74, 6) is 0.126. The minimum atomic E-state index is -0.239. The zero-order valence-electron chi connectivity index (χ0n) is 10.6. The van der Waals surface area contributed by atoms with Crippen molar-refractivity contribution in [2.75, 3.05) is 26.2 Å². The predicted molar refractivity (Wildman–Crippen MR) is 64.1 cm³/mol. The standard InChI is InChI=1S/C12H24N2O2/c1-4-12(5-6-13-8-12)10(16)14-7-11(2,3)9-15/h13,15H,4-9H2,1-3H3,(H,14,16). The highest BCUT2D eigenvalue weighted by Gasteiger charge is 2.39. The summed E-state index contributed by atoms with van der Waals surface area (Å²) in [6, 6.07) is 0. The molecule has 1 unspecified atom stereocenters. The summed E-state index contributed by atoms with van der Waals surface area (Å²) >= 11 is 0. The van der Waals surface area contributed by atoms with E-state index in [2.05, 4.69) is 17.6 Å². The predicted octanol–water partition coefficient (Wildman–Crippen LogP) is 0.511. The van der Waals surface area contributed by atoms with E-state index in [9.17, 15) is 4.79 Å². The molecule has 1 aliphatic heterocycles. The van der Waals surface area contributed by atoms with Gasteiger partial charge in [-0.25, -0.2) is 0 Å². The Kier molecular flexibility index (Phi) is 4.33. The third-order valence-corrected chi connectivity index (χ3v) is 3.56. The summed E-state index contributed by atoms with van der Waals surface area (Å²) in [5.41, 5.74) is -0.470. The molecule has 3 N–H and O–H groups in total. The summed E-state index contributed by atoms with van der Waals surface area (Å²) < 4.78 is 0. The van der Waals surface area contributed by atoms with Crippen molar-refractivity contribution in [1.82, 2.24) is 10.6 Å². The van der Waals surface area contributed by atoms with Gasteiger partial charge in [-0.05, 0) is 19.4 Å². The second kappa shape index (κ2) is 5.15. The number of hydrogen-bond donors (Lipinski definition) is 3. The third kappa shape index (κ3) is 2.95. The van der Waals surface area contributed by atoms with Crippen molar-refractivity contribution in [3.05, 3.63) is 0 Å². The fourth-order valence-electron chi connectivity index (χ4n) is 1.96. The maximum absolute atomic E-state index is 12.1. The molecule has 1 rings (SSSR count). The summed E-state index contributed by atoms with van der Waals surface area (Å²) in [6.45, 7) is 8.26. The number of rotatable bonds is 5. The average molecular weight is 228 g/mol. The van der Waals surface area contributed by atoms with Crippen molar-refractivity contribution in [2.45, 2.75) is 33.6 Å². The van der Waals surface area contributed by atoms with Crippen molar-refractivity contribution in [1.29, 1.82) is 0 Å². The van der Waals surface area contributed by atoms with E-state index in [4.69, 9.17) is 5.11 Å². The van der Waals surface area contributed by atoms with E-state index in [0.717, 1.165) is 25.9 Å². The molecule has 0 radical (unpaired) electrons. The molecule has 1 fully saturated rings. The van der Waals surface area contributed by atoms with Crippen LogP contribution < -0.4 is 10.6 Å². The lowest BCUT2D eigenvalue weighted by molar-refractivity contribution is -0.130. The SMILES string of the molecule is CCC1(C(=O)NCC(C)(C)CO)CCNC1. The van der Waals surface area contributed by atoms with Gasteiger partial charge in [0.25, 0.3) is 0 Å². The first-order valence-electron chi connectivity index (χ1n) is 6.06. The van der Waals surface area contributed by atoms with Crippen LogP contribution in [0, 0.1) is 10.8 Å². The zero-order valence-corrected chi connectivity index (χ0v) is 10.6. The van der Waals surface area contributed by atoms with Gasteiger partial charge >= 0.3 is 0 Å². The normalized spacial score (nSPS) is 25.8. The molecule has 0 aromatic heterocycles. The van der Waals surface area contributed by atoms with Gasteiger partial charge in [0, 0.05) is 25.1 Å². The maximum Gasteiger partial charge on any atom is 0.227 e. The fraction of sp³-hybridized carbons (Fsp3) is 0.917. The topological polar surface area (TPSA) is 61.4 Å². The molecule has 0 aromatic rings. The summed E-state index contributed by atoms with van der Waals surface area (Å²) in [5, 5.41) is 15.3. The molecule has 16 heavy (non-hydrogen) atoms. The molecular weight excluding hydrogens is 204 g/mol. The fourth-order valence-corrected chi connectivity index (χ4v) is 1.96. The van der Waals surface area contributed by atoms with Crippen molar-refractivity contribution in [2.24, 2.45) is 10.8 Å². The minimum absolute atomic E-state index is 0.0880. The monoisotopic (exact) mass is 228 g/mol. The van der Waals surface area contributed by atoms with Gasteiger partial charge in [-0.2, -0.15) is 0 Å². The molecule has 94 valence electrons. The molecule has 1 heterocycles. The van der Waals surface area contributed by atoms with Crippen LogP contribution >= 0.6 is 0 Å². The van der Waals surface area contributed by atoms with E-state index in [1.807, 2.05) is 13.8 Å². The van der Waals surface area contributed by atoms with E-state index in [-0.39, 0.29) is 23.3 Å². The summed E-state index contributed by atoms with van der Waals surface area (Å²) in [4.78, 5) is 12.1. The highest BCUT2D eigenvalue weighted by Crippen LogP contribution is 2.29.